The molecule has 0 unspecified atom stereocenters. The maximum atomic E-state index is 5.54. The van der Waals surface area contributed by atoms with Crippen LogP contribution in [0.4, 0.5) is 0 Å². The molecule has 282 valence electrons. The molecule has 0 aliphatic carbocycles. The molecular weight excluding hydrogens is 709 g/mol. The lowest BCUT2D eigenvalue weighted by Crippen LogP contribution is -2.19. The maximum absolute atomic E-state index is 5.54. The number of nitrogens with zero attached hydrogens (tertiary/aromatic N) is 2. The summed E-state index contributed by atoms with van der Waals surface area (Å²) in [5.74, 6) is 3.14. The minimum absolute atomic E-state index is 0.652. The molecular formula is C49H42N4O4. The summed E-state index contributed by atoms with van der Waals surface area (Å²) >= 11 is 0. The Labute approximate surface area is 331 Å². The number of aromatic nitrogens is 2. The van der Waals surface area contributed by atoms with Crippen LogP contribution in [0, 0.1) is 0 Å². The quantitative estimate of drug-likeness (QED) is 0.132. The first-order valence-electron chi connectivity index (χ1n) is 18.6. The van der Waals surface area contributed by atoms with E-state index in [2.05, 4.69) is 89.4 Å². The van der Waals surface area contributed by atoms with E-state index in [9.17, 15) is 0 Å². The number of nitrogens with one attached hydrogen (secondary N) is 2. The Morgan fingerprint density at radius 3 is 1.42 bits per heavy atom. The zero-order valence-electron chi connectivity index (χ0n) is 32.3. The highest BCUT2D eigenvalue weighted by Gasteiger charge is 2.20. The molecule has 6 aromatic rings. The second kappa shape index (κ2) is 16.2. The Bertz CT molecular complexity index is 2720. The second-order valence-electron chi connectivity index (χ2n) is 13.4. The van der Waals surface area contributed by atoms with Crippen LogP contribution in [0.5, 0.6) is 23.0 Å². The number of ether oxygens (including phenoxy) is 4. The Morgan fingerprint density at radius 1 is 0.474 bits per heavy atom. The molecule has 4 heterocycles. The van der Waals surface area contributed by atoms with Gasteiger partial charge in [-0.15, -0.1) is 0 Å². The molecule has 2 aliphatic rings. The third kappa shape index (κ3) is 7.53. The summed E-state index contributed by atoms with van der Waals surface area (Å²) in [6.45, 7) is 5.05. The molecule has 57 heavy (non-hydrogen) atoms. The van der Waals surface area contributed by atoms with Crippen LogP contribution in [0.15, 0.2) is 168 Å². The molecule has 0 bridgehead atoms. The lowest BCUT2D eigenvalue weighted by atomic mass is 10.0. The van der Waals surface area contributed by atoms with Crippen LogP contribution in [0.25, 0.3) is 22.3 Å². The minimum Gasteiger partial charge on any atom is -0.497 e. The number of methoxy groups -OCH3 is 4. The van der Waals surface area contributed by atoms with Crippen LogP contribution in [0.2, 0.25) is 0 Å². The fourth-order valence-corrected chi connectivity index (χ4v) is 7.13. The van der Waals surface area contributed by atoms with Gasteiger partial charge in [0.15, 0.2) is 0 Å². The minimum atomic E-state index is 0.652. The van der Waals surface area contributed by atoms with Gasteiger partial charge in [-0.05, 0) is 113 Å². The van der Waals surface area contributed by atoms with Crippen molar-refractivity contribution in [1.29, 1.82) is 0 Å². The third-order valence-electron chi connectivity index (χ3n) is 10.1. The summed E-state index contributed by atoms with van der Waals surface area (Å²) in [6, 6.07) is 40.6. The predicted molar refractivity (Wildman–Crippen MR) is 230 cm³/mol. The van der Waals surface area contributed by atoms with Crippen molar-refractivity contribution in [2.45, 2.75) is 0 Å². The van der Waals surface area contributed by atoms with Crippen molar-refractivity contribution in [1.82, 2.24) is 9.97 Å². The van der Waals surface area contributed by atoms with E-state index in [1.807, 2.05) is 72.8 Å². The number of hydrogen-bond donors (Lipinski definition) is 2. The molecule has 0 saturated heterocycles. The predicted octanol–water partition coefficient (Wildman–Crippen LogP) is 8.32. The van der Waals surface area contributed by atoms with Crippen molar-refractivity contribution in [3.8, 4) is 23.0 Å². The number of aromatic amines is 2. The zero-order chi connectivity index (χ0) is 39.3. The first kappa shape index (κ1) is 36.6. The molecule has 2 aromatic heterocycles. The van der Waals surface area contributed by atoms with E-state index in [1.54, 1.807) is 28.4 Å². The normalized spacial score (nSPS) is 15.2. The van der Waals surface area contributed by atoms with Crippen molar-refractivity contribution < 1.29 is 18.9 Å². The molecule has 0 fully saturated rings. The van der Waals surface area contributed by atoms with Gasteiger partial charge in [-0.3, -0.25) is 4.99 Å². The molecule has 2 N–H and O–H groups in total. The van der Waals surface area contributed by atoms with Crippen molar-refractivity contribution in [2.75, 3.05) is 35.0 Å². The Morgan fingerprint density at radius 2 is 0.930 bits per heavy atom. The Balaban J connectivity index is 1.29. The average Bonchev–Trinajstić information content (AvgIpc) is 4.12. The molecule has 4 aromatic carbocycles. The third-order valence-corrected chi connectivity index (χ3v) is 10.1. The van der Waals surface area contributed by atoms with Crippen LogP contribution in [-0.4, -0.2) is 56.4 Å². The van der Waals surface area contributed by atoms with Gasteiger partial charge in [-0.2, -0.15) is 0 Å². The summed E-state index contributed by atoms with van der Waals surface area (Å²) in [7, 11) is 6.69. The van der Waals surface area contributed by atoms with E-state index in [-0.39, 0.29) is 0 Å². The number of rotatable bonds is 12. The average molecular weight is 751 g/mol. The van der Waals surface area contributed by atoms with Gasteiger partial charge in [0.1, 0.15) is 23.0 Å². The largest absolute Gasteiger partial charge is 0.497 e. The Hall–Kier alpha value is -7.32. The van der Waals surface area contributed by atoms with Crippen LogP contribution < -0.4 is 29.6 Å². The molecule has 0 spiro atoms. The first-order chi connectivity index (χ1) is 28.0. The molecule has 0 saturated carbocycles. The van der Waals surface area contributed by atoms with E-state index >= 15 is 0 Å². The van der Waals surface area contributed by atoms with E-state index in [1.165, 1.54) is 0 Å². The second-order valence-corrected chi connectivity index (χ2v) is 13.4. The molecule has 8 rings (SSSR count). The van der Waals surface area contributed by atoms with Crippen LogP contribution in [0.3, 0.4) is 0 Å². The zero-order valence-corrected chi connectivity index (χ0v) is 32.3. The summed E-state index contributed by atoms with van der Waals surface area (Å²) in [5.41, 5.74) is 12.2. The Kier molecular flexibility index (Phi) is 10.4. The van der Waals surface area contributed by atoms with Gasteiger partial charge in [0.05, 0.1) is 52.1 Å². The molecule has 0 amide bonds. The van der Waals surface area contributed by atoms with Crippen molar-refractivity contribution >= 4 is 33.7 Å². The van der Waals surface area contributed by atoms with Gasteiger partial charge < -0.3 is 28.9 Å². The standard InChI is InChI=1S/C49H42N4O4/c1-31(32-8-16-36(54-2)17-9-32)40-24-25-43(51-40)48(34-12-20-38(56-4)21-13-34)44-28-29-46(53-44)49(35-14-22-39(57-5)23-15-35)45-27-26-42(52-45)47(41-7-6-30-50-41)33-10-18-37(55-3)19-11-33/h6-29,52-53H,1,30H2,2-5H3/b47-42-,48-43-,49-45-. The molecule has 2 aliphatic heterocycles. The van der Waals surface area contributed by atoms with Crippen molar-refractivity contribution in [3.05, 3.63) is 202 Å². The van der Waals surface area contributed by atoms with Crippen LogP contribution in [-0.2, 0) is 0 Å². The van der Waals surface area contributed by atoms with Crippen LogP contribution in [0.1, 0.15) is 33.6 Å². The molecule has 0 atom stereocenters. The smallest absolute Gasteiger partial charge is 0.118 e. The topological polar surface area (TPSA) is 93.2 Å². The fraction of sp³-hybridized carbons (Fsp3) is 0.102. The summed E-state index contributed by atoms with van der Waals surface area (Å²) in [6.07, 6.45) is 8.23. The van der Waals surface area contributed by atoms with Gasteiger partial charge in [0.2, 0.25) is 0 Å². The fourth-order valence-electron chi connectivity index (χ4n) is 7.13. The molecule has 0 radical (unpaired) electrons. The highest BCUT2D eigenvalue weighted by molar-refractivity contribution is 6.30. The highest BCUT2D eigenvalue weighted by atomic mass is 16.5. The van der Waals surface area contributed by atoms with Gasteiger partial charge in [0.25, 0.3) is 0 Å². The number of benzene rings is 4. The summed E-state index contributed by atoms with van der Waals surface area (Å²) in [5, 5.41) is 1.89. The van der Waals surface area contributed by atoms with E-state index in [0.717, 1.165) is 107 Å². The number of hydrogen-bond acceptors (Lipinski definition) is 6. The van der Waals surface area contributed by atoms with Crippen molar-refractivity contribution in [3.63, 3.8) is 0 Å². The first-order valence-corrected chi connectivity index (χ1v) is 18.6. The van der Waals surface area contributed by atoms with Gasteiger partial charge >= 0.3 is 0 Å². The lowest BCUT2D eigenvalue weighted by Gasteiger charge is -2.11. The SMILES string of the molecule is C=C(C1=N/C(=C(/c2ccc(OC)cc2)c2ccc(/C(c3ccc(OC)cc3)=c3/cc/c(=C(/C4=NCC=C4)c4ccc(OC)cc4)[nH]3)[nH]2)C=C1)c1ccc(OC)cc1. The van der Waals surface area contributed by atoms with E-state index in [4.69, 9.17) is 28.9 Å². The summed E-state index contributed by atoms with van der Waals surface area (Å²) < 4.78 is 21.9. The molecule has 8 nitrogen and oxygen atoms in total. The number of H-pyrrole nitrogens is 2. The van der Waals surface area contributed by atoms with Gasteiger partial charge in [0, 0.05) is 44.4 Å². The van der Waals surface area contributed by atoms with Gasteiger partial charge in [-0.1, -0.05) is 61.2 Å². The monoisotopic (exact) mass is 750 g/mol. The summed E-state index contributed by atoms with van der Waals surface area (Å²) in [4.78, 5) is 17.5. The van der Waals surface area contributed by atoms with Gasteiger partial charge in [-0.25, -0.2) is 4.99 Å². The van der Waals surface area contributed by atoms with E-state index in [0.29, 0.717) is 6.54 Å². The van der Waals surface area contributed by atoms with E-state index < -0.39 is 0 Å². The molecule has 8 heteroatoms. The van der Waals surface area contributed by atoms with Crippen molar-refractivity contribution in [2.24, 2.45) is 9.98 Å². The van der Waals surface area contributed by atoms with Crippen LogP contribution >= 0.6 is 0 Å². The highest BCUT2D eigenvalue weighted by Crippen LogP contribution is 2.34. The maximum Gasteiger partial charge on any atom is 0.118 e. The lowest BCUT2D eigenvalue weighted by molar-refractivity contribution is 0.414. The number of aliphatic imine (C=N–C) groups is 2. The number of allylic oxidation sites excluding steroid dienone is 4.